The number of nitrogens with zero attached hydrogens (tertiary/aromatic N) is 2. The molecule has 0 aliphatic heterocycles. The van der Waals surface area contributed by atoms with Crippen LogP contribution in [0.2, 0.25) is 0 Å². The van der Waals surface area contributed by atoms with E-state index in [0.717, 1.165) is 0 Å². The van der Waals surface area contributed by atoms with E-state index in [0.29, 0.717) is 0 Å². The first-order valence-corrected chi connectivity index (χ1v) is 11.3. The van der Waals surface area contributed by atoms with E-state index in [4.69, 9.17) is 40.7 Å². The van der Waals surface area contributed by atoms with Crippen LogP contribution in [-0.4, -0.2) is 100 Å². The number of hydrogen-bond donors (Lipinski definition) is 0. The fourth-order valence-corrected chi connectivity index (χ4v) is 11.5. The zero-order valence-corrected chi connectivity index (χ0v) is 18.3. The highest BCUT2D eigenvalue weighted by Gasteiger charge is 2.68. The summed E-state index contributed by atoms with van der Waals surface area (Å²) in [5, 5.41) is 0. The van der Waals surface area contributed by atoms with Gasteiger partial charge in [-0.25, -0.2) is 0 Å². The van der Waals surface area contributed by atoms with E-state index in [1.807, 2.05) is 0 Å². The standard InChI is InChI=1S/C9H28N2O9Si3/c1-12-10(21(14-3)15-4)22(16-5,17-6)11(13-2)23(18-7,19-8)20-9/h21H,1-9H3. The monoisotopic (exact) mass is 392 g/mol. The summed E-state index contributed by atoms with van der Waals surface area (Å²) in [6.45, 7) is 0. The van der Waals surface area contributed by atoms with Crippen LogP contribution in [0.15, 0.2) is 0 Å². The third-order valence-electron chi connectivity index (χ3n) is 3.06. The summed E-state index contributed by atoms with van der Waals surface area (Å²) in [4.78, 5) is 10.9. The van der Waals surface area contributed by atoms with E-state index in [1.165, 1.54) is 72.8 Å². The Morgan fingerprint density at radius 2 is 1.04 bits per heavy atom. The average molecular weight is 393 g/mol. The Hall–Kier alpha value is 0.211. The topological polar surface area (TPSA) is 89.6 Å². The molecule has 0 amide bonds. The maximum Gasteiger partial charge on any atom is 0.621 e. The third-order valence-corrected chi connectivity index (χ3v) is 12.5. The second kappa shape index (κ2) is 10.9. The van der Waals surface area contributed by atoms with Crippen LogP contribution in [0.4, 0.5) is 0 Å². The summed E-state index contributed by atoms with van der Waals surface area (Å²) in [6, 6.07) is 0. The Kier molecular flexibility index (Phi) is 11.0. The van der Waals surface area contributed by atoms with Crippen molar-refractivity contribution < 1.29 is 40.7 Å². The van der Waals surface area contributed by atoms with Crippen LogP contribution in [-0.2, 0) is 40.7 Å². The highest BCUT2D eigenvalue weighted by atomic mass is 28.5. The molecule has 0 aromatic rings. The normalized spacial score (nSPS) is 13.6. The molecule has 0 aliphatic rings. The molecule has 0 spiro atoms. The minimum absolute atomic E-state index is 1.31. The molecule has 0 N–H and O–H groups in total. The van der Waals surface area contributed by atoms with Gasteiger partial charge in [0.1, 0.15) is 0 Å². The van der Waals surface area contributed by atoms with Gasteiger partial charge >= 0.3 is 27.3 Å². The van der Waals surface area contributed by atoms with Crippen molar-refractivity contribution in [1.29, 1.82) is 0 Å². The van der Waals surface area contributed by atoms with Gasteiger partial charge < -0.3 is 40.7 Å². The van der Waals surface area contributed by atoms with Crippen molar-refractivity contribution in [2.45, 2.75) is 0 Å². The molecule has 0 saturated carbocycles. The van der Waals surface area contributed by atoms with Gasteiger partial charge in [-0.2, -0.15) is 0 Å². The summed E-state index contributed by atoms with van der Waals surface area (Å²) in [7, 11) is 3.55. The van der Waals surface area contributed by atoms with E-state index in [-0.39, 0.29) is 0 Å². The quantitative estimate of drug-likeness (QED) is 0.280. The second-order valence-corrected chi connectivity index (χ2v) is 12.3. The predicted molar refractivity (Wildman–Crippen MR) is 85.4 cm³/mol. The Morgan fingerprint density at radius 3 is 1.26 bits per heavy atom. The van der Waals surface area contributed by atoms with E-state index in [9.17, 15) is 0 Å². The van der Waals surface area contributed by atoms with E-state index in [1.54, 1.807) is 0 Å². The molecule has 0 aromatic heterocycles. The molecule has 11 nitrogen and oxygen atoms in total. The smallest absolute Gasteiger partial charge is 0.387 e. The molecule has 0 aliphatic carbocycles. The lowest BCUT2D eigenvalue weighted by molar-refractivity contribution is -0.155. The highest BCUT2D eigenvalue weighted by Crippen LogP contribution is 2.27. The molecular weight excluding hydrogens is 364 g/mol. The van der Waals surface area contributed by atoms with E-state index < -0.39 is 27.3 Å². The van der Waals surface area contributed by atoms with Crippen LogP contribution < -0.4 is 0 Å². The number of rotatable bonds is 13. The van der Waals surface area contributed by atoms with Crippen LogP contribution in [0, 0.1) is 0 Å². The van der Waals surface area contributed by atoms with Gasteiger partial charge in [-0.3, -0.25) is 0 Å². The molecule has 140 valence electrons. The van der Waals surface area contributed by atoms with Gasteiger partial charge in [0.15, 0.2) is 0 Å². The van der Waals surface area contributed by atoms with Crippen LogP contribution in [0.3, 0.4) is 0 Å². The zero-order valence-electron chi connectivity index (χ0n) is 15.1. The molecule has 0 radical (unpaired) electrons. The van der Waals surface area contributed by atoms with Crippen molar-refractivity contribution in [2.75, 3.05) is 64.0 Å². The molecule has 0 rings (SSSR count). The first-order chi connectivity index (χ1) is 11.0. The minimum atomic E-state index is -3.58. The summed E-state index contributed by atoms with van der Waals surface area (Å²) in [5.74, 6) is 0. The molecule has 14 heteroatoms. The summed E-state index contributed by atoms with van der Waals surface area (Å²) in [5.41, 5.74) is 0. The largest absolute Gasteiger partial charge is 0.621 e. The van der Waals surface area contributed by atoms with Crippen molar-refractivity contribution in [3.8, 4) is 0 Å². The lowest BCUT2D eigenvalue weighted by Crippen LogP contribution is -2.80. The summed E-state index contributed by atoms with van der Waals surface area (Å²) < 4.78 is 41.2. The average Bonchev–Trinajstić information content (AvgIpc) is 2.61. The Bertz CT molecular complexity index is 310. The lowest BCUT2D eigenvalue weighted by Gasteiger charge is -2.45. The van der Waals surface area contributed by atoms with Gasteiger partial charge in [0.25, 0.3) is 0 Å². The first kappa shape index (κ1) is 23.2. The fourth-order valence-electron chi connectivity index (χ4n) is 2.04. The van der Waals surface area contributed by atoms with Gasteiger partial charge in [0.2, 0.25) is 0 Å². The predicted octanol–water partition coefficient (Wildman–Crippen LogP) is -1.17. The van der Waals surface area contributed by atoms with Gasteiger partial charge in [-0.15, -0.1) is 4.39 Å². The molecule has 0 unspecified atom stereocenters. The molecule has 0 aromatic carbocycles. The van der Waals surface area contributed by atoms with Gasteiger partial charge in [0.05, 0.1) is 14.2 Å². The Labute approximate surface area is 141 Å². The first-order valence-electron chi connectivity index (χ1n) is 6.46. The van der Waals surface area contributed by atoms with Gasteiger partial charge in [-0.05, 0) is 0 Å². The highest BCUT2D eigenvalue weighted by molar-refractivity contribution is 6.80. The molecule has 0 fully saturated rings. The number of hydrogen-bond acceptors (Lipinski definition) is 11. The second-order valence-electron chi connectivity index (χ2n) is 3.86. The SMILES string of the molecule is CON([SiH](OC)OC)[Si](OC)(OC)N(OC)[Si](OC)(OC)OC. The fraction of sp³-hybridized carbons (Fsp3) is 1.00. The van der Waals surface area contributed by atoms with E-state index >= 15 is 0 Å². The summed E-state index contributed by atoms with van der Waals surface area (Å²) >= 11 is 0. The van der Waals surface area contributed by atoms with Crippen molar-refractivity contribution in [1.82, 2.24) is 8.79 Å². The molecule has 0 bridgehead atoms. The lowest BCUT2D eigenvalue weighted by atomic mass is 11.7. The van der Waals surface area contributed by atoms with E-state index in [2.05, 4.69) is 0 Å². The zero-order chi connectivity index (χ0) is 18.1. The van der Waals surface area contributed by atoms with Crippen molar-refractivity contribution in [3.63, 3.8) is 0 Å². The Balaban J connectivity index is 6.13. The maximum atomic E-state index is 5.68. The van der Waals surface area contributed by atoms with Gasteiger partial charge in [-0.1, -0.05) is 4.39 Å². The molecule has 0 atom stereocenters. The molecule has 23 heavy (non-hydrogen) atoms. The van der Waals surface area contributed by atoms with Crippen LogP contribution >= 0.6 is 0 Å². The van der Waals surface area contributed by atoms with Crippen molar-refractivity contribution in [3.05, 3.63) is 0 Å². The third kappa shape index (κ3) is 4.44. The van der Waals surface area contributed by atoms with Gasteiger partial charge in [0, 0.05) is 49.8 Å². The maximum absolute atomic E-state index is 5.68. The van der Waals surface area contributed by atoms with Crippen LogP contribution in [0.1, 0.15) is 0 Å². The molecule has 0 saturated heterocycles. The molecular formula is C9H28N2O9Si3. The Morgan fingerprint density at radius 1 is 0.609 bits per heavy atom. The summed E-state index contributed by atoms with van der Waals surface area (Å²) in [6.07, 6.45) is 0. The van der Waals surface area contributed by atoms with Crippen molar-refractivity contribution >= 4 is 27.3 Å². The van der Waals surface area contributed by atoms with Crippen LogP contribution in [0.25, 0.3) is 0 Å². The molecule has 0 heterocycles. The minimum Gasteiger partial charge on any atom is -0.387 e. The van der Waals surface area contributed by atoms with Crippen molar-refractivity contribution in [2.24, 2.45) is 0 Å². The van der Waals surface area contributed by atoms with Crippen LogP contribution in [0.5, 0.6) is 0 Å².